The summed E-state index contributed by atoms with van der Waals surface area (Å²) in [6.45, 7) is 2.61. The van der Waals surface area contributed by atoms with E-state index in [9.17, 15) is 4.79 Å². The van der Waals surface area contributed by atoms with E-state index >= 15 is 0 Å². The van der Waals surface area contributed by atoms with E-state index in [4.69, 9.17) is 5.10 Å². The van der Waals surface area contributed by atoms with Crippen LogP contribution in [0.2, 0.25) is 0 Å². The zero-order chi connectivity index (χ0) is 21.2. The molecule has 4 aromatic rings. The third-order valence-corrected chi connectivity index (χ3v) is 5.82. The maximum absolute atomic E-state index is 14.0. The molecule has 1 amide bonds. The molecule has 3 aromatic carbocycles. The second-order valence-electron chi connectivity index (χ2n) is 8.07. The van der Waals surface area contributed by atoms with Gasteiger partial charge >= 0.3 is 0 Å². The van der Waals surface area contributed by atoms with Crippen molar-refractivity contribution in [1.29, 1.82) is 0 Å². The first-order valence-electron chi connectivity index (χ1n) is 10.8. The van der Waals surface area contributed by atoms with Gasteiger partial charge in [-0.05, 0) is 37.5 Å². The highest BCUT2D eigenvalue weighted by Crippen LogP contribution is 2.34. The first-order valence-corrected chi connectivity index (χ1v) is 10.8. The van der Waals surface area contributed by atoms with E-state index in [1.165, 1.54) is 0 Å². The van der Waals surface area contributed by atoms with Gasteiger partial charge in [0.1, 0.15) is 5.69 Å². The zero-order valence-electron chi connectivity index (χ0n) is 17.6. The average molecular weight is 408 g/mol. The number of nitrogens with zero attached hydrogens (tertiary/aromatic N) is 3. The molecule has 31 heavy (non-hydrogen) atoms. The van der Waals surface area contributed by atoms with Gasteiger partial charge in [0.2, 0.25) is 0 Å². The van der Waals surface area contributed by atoms with E-state index in [1.54, 1.807) is 0 Å². The Bertz CT molecular complexity index is 1180. The lowest BCUT2D eigenvalue weighted by Gasteiger charge is -2.23. The van der Waals surface area contributed by atoms with E-state index in [-0.39, 0.29) is 5.91 Å². The lowest BCUT2D eigenvalue weighted by Crippen LogP contribution is -2.33. The van der Waals surface area contributed by atoms with E-state index in [0.717, 1.165) is 41.0 Å². The van der Waals surface area contributed by atoms with E-state index < -0.39 is 0 Å². The topological polar surface area (TPSA) is 38.1 Å². The summed E-state index contributed by atoms with van der Waals surface area (Å²) in [5.74, 6) is 0.0601. The highest BCUT2D eigenvalue weighted by Gasteiger charge is 2.36. The second kappa shape index (κ2) is 8.23. The lowest BCUT2D eigenvalue weighted by molar-refractivity contribution is 0.0730. The molecule has 0 atom stereocenters. The number of carbonyl (C=O) groups is 1. The number of hydrogen-bond donors (Lipinski definition) is 0. The Morgan fingerprint density at radius 2 is 1.48 bits per heavy atom. The van der Waals surface area contributed by atoms with Crippen LogP contribution in [-0.2, 0) is 6.54 Å². The number of benzene rings is 3. The van der Waals surface area contributed by atoms with Crippen LogP contribution in [0.5, 0.6) is 0 Å². The Morgan fingerprint density at radius 1 is 0.903 bits per heavy atom. The van der Waals surface area contributed by atoms with Crippen LogP contribution in [0.15, 0.2) is 91.0 Å². The molecule has 1 aromatic heterocycles. The molecule has 4 heteroatoms. The summed E-state index contributed by atoms with van der Waals surface area (Å²) in [5.41, 5.74) is 5.37. The minimum Gasteiger partial charge on any atom is -0.331 e. The highest BCUT2D eigenvalue weighted by molar-refractivity contribution is 6.01. The zero-order valence-corrected chi connectivity index (χ0v) is 17.6. The van der Waals surface area contributed by atoms with Crippen molar-refractivity contribution in [3.63, 3.8) is 0 Å². The van der Waals surface area contributed by atoms with Crippen LogP contribution in [0.1, 0.15) is 34.5 Å². The van der Waals surface area contributed by atoms with Gasteiger partial charge in [0.15, 0.2) is 0 Å². The van der Waals surface area contributed by atoms with Gasteiger partial charge in [-0.25, -0.2) is 4.68 Å². The summed E-state index contributed by atoms with van der Waals surface area (Å²) >= 11 is 0. The van der Waals surface area contributed by atoms with Crippen LogP contribution >= 0.6 is 0 Å². The monoisotopic (exact) mass is 407 g/mol. The molecule has 4 nitrogen and oxygen atoms in total. The lowest BCUT2D eigenvalue weighted by atomic mass is 10.0. The SMILES string of the molecule is Cc1c(C(=O)N(Cc2ccccc2)C2CC2)c(-c2ccccc2)nn1-c1ccccc1. The molecular weight excluding hydrogens is 382 g/mol. The molecule has 1 saturated carbocycles. The van der Waals surface area contributed by atoms with Crippen LogP contribution in [0.4, 0.5) is 0 Å². The van der Waals surface area contributed by atoms with Gasteiger partial charge in [0.25, 0.3) is 5.91 Å². The Kier molecular flexibility index (Phi) is 5.13. The number of aromatic nitrogens is 2. The summed E-state index contributed by atoms with van der Waals surface area (Å²) in [6, 6.07) is 30.5. The summed E-state index contributed by atoms with van der Waals surface area (Å²) in [4.78, 5) is 16.0. The van der Waals surface area contributed by atoms with E-state index in [0.29, 0.717) is 18.2 Å². The van der Waals surface area contributed by atoms with Crippen LogP contribution in [0.3, 0.4) is 0 Å². The number of rotatable bonds is 6. The Balaban J connectivity index is 1.61. The molecule has 0 aliphatic heterocycles. The molecule has 0 unspecified atom stereocenters. The van der Waals surface area contributed by atoms with Gasteiger partial charge in [-0.3, -0.25) is 4.79 Å². The van der Waals surface area contributed by atoms with Crippen LogP contribution in [-0.4, -0.2) is 26.6 Å². The third kappa shape index (κ3) is 3.89. The number of amides is 1. The molecule has 1 aliphatic rings. The molecule has 0 spiro atoms. The summed E-state index contributed by atoms with van der Waals surface area (Å²) in [7, 11) is 0. The van der Waals surface area contributed by atoms with Crippen molar-refractivity contribution in [3.05, 3.63) is 108 Å². The molecule has 1 aliphatic carbocycles. The van der Waals surface area contributed by atoms with E-state index in [1.807, 2.05) is 95.4 Å². The summed E-state index contributed by atoms with van der Waals surface area (Å²) in [6.07, 6.45) is 2.12. The molecule has 1 fully saturated rings. The fourth-order valence-corrected chi connectivity index (χ4v) is 4.05. The molecule has 0 bridgehead atoms. The molecule has 1 heterocycles. The molecule has 5 rings (SSSR count). The fraction of sp³-hybridized carbons (Fsp3) is 0.185. The van der Waals surface area contributed by atoms with Crippen LogP contribution < -0.4 is 0 Å². The first-order chi connectivity index (χ1) is 15.2. The highest BCUT2D eigenvalue weighted by atomic mass is 16.2. The van der Waals surface area contributed by atoms with Crippen molar-refractivity contribution in [2.24, 2.45) is 0 Å². The minimum atomic E-state index is 0.0601. The average Bonchev–Trinajstić information content (AvgIpc) is 3.61. The summed E-state index contributed by atoms with van der Waals surface area (Å²) in [5, 5.41) is 4.91. The maximum Gasteiger partial charge on any atom is 0.258 e. The number of hydrogen-bond acceptors (Lipinski definition) is 2. The maximum atomic E-state index is 14.0. The van der Waals surface area contributed by atoms with Crippen LogP contribution in [0, 0.1) is 6.92 Å². The smallest absolute Gasteiger partial charge is 0.258 e. The largest absolute Gasteiger partial charge is 0.331 e. The number of carbonyl (C=O) groups excluding carboxylic acids is 1. The predicted molar refractivity (Wildman–Crippen MR) is 123 cm³/mol. The second-order valence-corrected chi connectivity index (χ2v) is 8.07. The Hall–Kier alpha value is -3.66. The van der Waals surface area contributed by atoms with Gasteiger partial charge in [0.05, 0.1) is 16.9 Å². The van der Waals surface area contributed by atoms with Crippen molar-refractivity contribution < 1.29 is 4.79 Å². The number of para-hydroxylation sites is 1. The normalized spacial score (nSPS) is 13.2. The van der Waals surface area contributed by atoms with Gasteiger partial charge < -0.3 is 4.90 Å². The predicted octanol–water partition coefficient (Wildman–Crippen LogP) is 5.65. The molecule has 0 radical (unpaired) electrons. The fourth-order valence-electron chi connectivity index (χ4n) is 4.05. The van der Waals surface area contributed by atoms with Gasteiger partial charge in [-0.1, -0.05) is 78.9 Å². The van der Waals surface area contributed by atoms with Crippen molar-refractivity contribution in [2.45, 2.75) is 32.4 Å². The summed E-state index contributed by atoms with van der Waals surface area (Å²) < 4.78 is 1.89. The van der Waals surface area contributed by atoms with E-state index in [2.05, 4.69) is 12.1 Å². The Labute approximate surface area is 182 Å². The van der Waals surface area contributed by atoms with Crippen molar-refractivity contribution >= 4 is 5.91 Å². The minimum absolute atomic E-state index is 0.0601. The van der Waals surface area contributed by atoms with Gasteiger partial charge in [-0.15, -0.1) is 0 Å². The van der Waals surface area contributed by atoms with Crippen molar-refractivity contribution in [2.75, 3.05) is 0 Å². The Morgan fingerprint density at radius 3 is 2.10 bits per heavy atom. The standard InChI is InChI=1S/C27H25N3O/c1-20-25(27(31)29(23-17-18-23)19-21-11-5-2-6-12-21)26(22-13-7-3-8-14-22)28-30(20)24-15-9-4-10-16-24/h2-16,23H,17-19H2,1H3. The molecule has 0 N–H and O–H groups in total. The van der Waals surface area contributed by atoms with Crippen LogP contribution in [0.25, 0.3) is 16.9 Å². The van der Waals surface area contributed by atoms with Crippen molar-refractivity contribution in [3.8, 4) is 16.9 Å². The first kappa shape index (κ1) is 19.3. The third-order valence-electron chi connectivity index (χ3n) is 5.82. The molecule has 154 valence electrons. The quantitative estimate of drug-likeness (QED) is 0.414. The molecule has 0 saturated heterocycles. The van der Waals surface area contributed by atoms with Gasteiger partial charge in [-0.2, -0.15) is 5.10 Å². The van der Waals surface area contributed by atoms with Gasteiger partial charge in [0, 0.05) is 18.2 Å². The molecular formula is C27H25N3O. The van der Waals surface area contributed by atoms with Crippen molar-refractivity contribution in [1.82, 2.24) is 14.7 Å².